The van der Waals surface area contributed by atoms with E-state index in [-0.39, 0.29) is 5.43 Å². The molecule has 66 valence electrons. The van der Waals surface area contributed by atoms with Crippen molar-refractivity contribution in [3.8, 4) is 0 Å². The van der Waals surface area contributed by atoms with Crippen molar-refractivity contribution >= 4 is 0 Å². The molecule has 0 N–H and O–H groups in total. The molecule has 0 saturated carbocycles. The molecule has 1 aliphatic carbocycles. The first-order chi connectivity index (χ1) is 6.29. The van der Waals surface area contributed by atoms with Gasteiger partial charge in [-0.2, -0.15) is 0 Å². The lowest BCUT2D eigenvalue weighted by Crippen LogP contribution is -2.14. The van der Waals surface area contributed by atoms with Crippen LogP contribution in [0.2, 0.25) is 0 Å². The molecule has 1 atom stereocenters. The van der Waals surface area contributed by atoms with E-state index < -0.39 is 0 Å². The van der Waals surface area contributed by atoms with Gasteiger partial charge in [0.05, 0.1) is 0 Å². The highest BCUT2D eigenvalue weighted by atomic mass is 16.1. The fourth-order valence-corrected chi connectivity index (χ4v) is 1.53. The van der Waals surface area contributed by atoms with Crippen molar-refractivity contribution < 1.29 is 0 Å². The van der Waals surface area contributed by atoms with Crippen molar-refractivity contribution in [2.24, 2.45) is 0 Å². The van der Waals surface area contributed by atoms with Gasteiger partial charge in [0, 0.05) is 11.5 Å². The van der Waals surface area contributed by atoms with Crippen molar-refractivity contribution in [3.05, 3.63) is 57.8 Å². The molecule has 1 nitrogen and oxygen atoms in total. The Hall–Kier alpha value is -1.37. The molecule has 0 fully saturated rings. The van der Waals surface area contributed by atoms with E-state index in [9.17, 15) is 4.79 Å². The fourth-order valence-electron chi connectivity index (χ4n) is 1.53. The summed E-state index contributed by atoms with van der Waals surface area (Å²) < 4.78 is 0. The number of aryl methyl sites for hydroxylation is 1. The van der Waals surface area contributed by atoms with Crippen LogP contribution in [-0.2, 0) is 0 Å². The monoisotopic (exact) mass is 172 g/mol. The third-order valence-corrected chi connectivity index (χ3v) is 2.51. The van der Waals surface area contributed by atoms with Gasteiger partial charge in [0.25, 0.3) is 0 Å². The van der Waals surface area contributed by atoms with E-state index in [1.54, 1.807) is 0 Å². The second kappa shape index (κ2) is 3.17. The number of rotatable bonds is 1. The van der Waals surface area contributed by atoms with Gasteiger partial charge in [0.2, 0.25) is 0 Å². The third kappa shape index (κ3) is 1.42. The van der Waals surface area contributed by atoms with E-state index in [1.165, 1.54) is 0 Å². The van der Waals surface area contributed by atoms with Gasteiger partial charge in [-0.1, -0.05) is 36.4 Å². The predicted molar refractivity (Wildman–Crippen MR) is 53.9 cm³/mol. The van der Waals surface area contributed by atoms with Crippen LogP contribution in [0.15, 0.2) is 41.2 Å². The van der Waals surface area contributed by atoms with Crippen molar-refractivity contribution in [2.45, 2.75) is 19.3 Å². The summed E-state index contributed by atoms with van der Waals surface area (Å²) in [6, 6.07) is 7.66. The minimum absolute atomic E-state index is 0.194. The molecule has 0 radical (unpaired) electrons. The average Bonchev–Trinajstić information content (AvgIpc) is 2.17. The maximum absolute atomic E-state index is 11.8. The quantitative estimate of drug-likeness (QED) is 0.594. The van der Waals surface area contributed by atoms with Crippen LogP contribution in [0.25, 0.3) is 0 Å². The van der Waals surface area contributed by atoms with Crippen molar-refractivity contribution in [1.82, 2.24) is 0 Å². The first-order valence-corrected chi connectivity index (χ1v) is 4.55. The average molecular weight is 172 g/mol. The van der Waals surface area contributed by atoms with Gasteiger partial charge < -0.3 is 0 Å². The standard InChI is InChI=1S/C12H12O/c1-9-5-2-3-8-11(12(9)13)10-6-4-7-10/h2-6,8,10H,7H2,1H3. The van der Waals surface area contributed by atoms with Crippen LogP contribution in [0.5, 0.6) is 0 Å². The van der Waals surface area contributed by atoms with Crippen LogP contribution in [0.1, 0.15) is 23.5 Å². The van der Waals surface area contributed by atoms with Crippen LogP contribution >= 0.6 is 0 Å². The van der Waals surface area contributed by atoms with Crippen molar-refractivity contribution in [2.75, 3.05) is 0 Å². The highest BCUT2D eigenvalue weighted by Gasteiger charge is 2.15. The van der Waals surface area contributed by atoms with E-state index in [2.05, 4.69) is 12.2 Å². The van der Waals surface area contributed by atoms with Crippen LogP contribution in [0.3, 0.4) is 0 Å². The Bertz CT molecular complexity index is 404. The van der Waals surface area contributed by atoms with E-state index in [1.807, 2.05) is 31.2 Å². The Morgan fingerprint density at radius 3 is 2.62 bits per heavy atom. The van der Waals surface area contributed by atoms with Crippen molar-refractivity contribution in [3.63, 3.8) is 0 Å². The van der Waals surface area contributed by atoms with Crippen molar-refractivity contribution in [1.29, 1.82) is 0 Å². The summed E-state index contributed by atoms with van der Waals surface area (Å²) >= 11 is 0. The van der Waals surface area contributed by atoms with E-state index in [0.29, 0.717) is 5.92 Å². The molecule has 0 amide bonds. The van der Waals surface area contributed by atoms with Gasteiger partial charge in [-0.15, -0.1) is 0 Å². The van der Waals surface area contributed by atoms with E-state index in [0.717, 1.165) is 17.5 Å². The molecular weight excluding hydrogens is 160 g/mol. The normalized spacial score (nSPS) is 19.6. The molecule has 1 unspecified atom stereocenters. The molecule has 0 bridgehead atoms. The zero-order valence-electron chi connectivity index (χ0n) is 7.66. The number of allylic oxidation sites excluding steroid dienone is 2. The maximum Gasteiger partial charge on any atom is 0.185 e. The first kappa shape index (κ1) is 8.24. The van der Waals surface area contributed by atoms with Gasteiger partial charge >= 0.3 is 0 Å². The molecule has 0 spiro atoms. The number of hydrogen-bond acceptors (Lipinski definition) is 1. The Morgan fingerprint density at radius 2 is 2.00 bits per heavy atom. The lowest BCUT2D eigenvalue weighted by molar-refractivity contribution is 0.787. The van der Waals surface area contributed by atoms with Crippen LogP contribution in [0, 0.1) is 6.92 Å². The minimum atomic E-state index is 0.194. The Labute approximate surface area is 77.7 Å². The van der Waals surface area contributed by atoms with Gasteiger partial charge in [0.15, 0.2) is 5.43 Å². The molecular formula is C12H12O. The molecule has 1 aromatic rings. The smallest absolute Gasteiger partial charge is 0.185 e. The summed E-state index contributed by atoms with van der Waals surface area (Å²) in [6.45, 7) is 1.87. The molecule has 1 heteroatoms. The largest absolute Gasteiger partial charge is 0.289 e. The summed E-state index contributed by atoms with van der Waals surface area (Å²) in [5.74, 6) is 0.360. The topological polar surface area (TPSA) is 17.1 Å². The minimum Gasteiger partial charge on any atom is -0.289 e. The van der Waals surface area contributed by atoms with Gasteiger partial charge in [0.1, 0.15) is 0 Å². The first-order valence-electron chi connectivity index (χ1n) is 4.55. The SMILES string of the molecule is Cc1ccccc(C2C=CC2)c1=O. The molecule has 2 rings (SSSR count). The second-order valence-electron chi connectivity index (χ2n) is 3.46. The highest BCUT2D eigenvalue weighted by Crippen LogP contribution is 2.26. The molecule has 13 heavy (non-hydrogen) atoms. The van der Waals surface area contributed by atoms with Crippen LogP contribution in [0.4, 0.5) is 0 Å². The second-order valence-corrected chi connectivity index (χ2v) is 3.46. The fraction of sp³-hybridized carbons (Fsp3) is 0.250. The zero-order chi connectivity index (χ0) is 9.26. The summed E-state index contributed by atoms with van der Waals surface area (Å²) in [5, 5.41) is 0. The molecule has 0 saturated heterocycles. The lowest BCUT2D eigenvalue weighted by Gasteiger charge is -2.15. The predicted octanol–water partition coefficient (Wildman–Crippen LogP) is 2.40. The van der Waals surface area contributed by atoms with Gasteiger partial charge in [-0.25, -0.2) is 0 Å². The summed E-state index contributed by atoms with van der Waals surface area (Å²) in [5.41, 5.74) is 1.96. The summed E-state index contributed by atoms with van der Waals surface area (Å²) in [6.07, 6.45) is 5.21. The van der Waals surface area contributed by atoms with E-state index in [4.69, 9.17) is 0 Å². The molecule has 0 aliphatic heterocycles. The van der Waals surface area contributed by atoms with Gasteiger partial charge in [-0.05, 0) is 18.9 Å². The summed E-state index contributed by atoms with van der Waals surface area (Å²) in [4.78, 5) is 11.8. The summed E-state index contributed by atoms with van der Waals surface area (Å²) in [7, 11) is 0. The third-order valence-electron chi connectivity index (χ3n) is 2.51. The maximum atomic E-state index is 11.8. The highest BCUT2D eigenvalue weighted by molar-refractivity contribution is 5.31. The lowest BCUT2D eigenvalue weighted by atomic mass is 9.88. The van der Waals surface area contributed by atoms with Crippen LogP contribution in [-0.4, -0.2) is 0 Å². The molecule has 1 aromatic carbocycles. The Morgan fingerprint density at radius 1 is 1.31 bits per heavy atom. The Kier molecular flexibility index (Phi) is 2.01. The van der Waals surface area contributed by atoms with Crippen LogP contribution < -0.4 is 5.43 Å². The molecule has 0 heterocycles. The van der Waals surface area contributed by atoms with Gasteiger partial charge in [-0.3, -0.25) is 4.79 Å². The van der Waals surface area contributed by atoms with E-state index >= 15 is 0 Å². The molecule has 1 aliphatic rings. The molecule has 0 aromatic heterocycles. The Balaban J connectivity index is 2.58. The number of hydrogen-bond donors (Lipinski definition) is 0. The zero-order valence-corrected chi connectivity index (χ0v) is 7.66.